The molecule has 3 aliphatic rings. The van der Waals surface area contributed by atoms with E-state index in [0.29, 0.717) is 12.1 Å². The molecule has 2 amide bonds. The van der Waals surface area contributed by atoms with E-state index >= 15 is 0 Å². The van der Waals surface area contributed by atoms with E-state index in [0.717, 1.165) is 30.6 Å². The Morgan fingerprint density at radius 3 is 2.67 bits per heavy atom. The molecule has 27 heavy (non-hydrogen) atoms. The maximum atomic E-state index is 13.3. The van der Waals surface area contributed by atoms with Crippen molar-refractivity contribution in [3.8, 4) is 0 Å². The van der Waals surface area contributed by atoms with E-state index in [1.54, 1.807) is 0 Å². The number of rotatable bonds is 2. The van der Waals surface area contributed by atoms with Crippen molar-refractivity contribution in [2.24, 2.45) is 5.92 Å². The highest BCUT2D eigenvalue weighted by Gasteiger charge is 2.51. The third kappa shape index (κ3) is 2.29. The van der Waals surface area contributed by atoms with Gasteiger partial charge in [-0.05, 0) is 41.7 Å². The summed E-state index contributed by atoms with van der Waals surface area (Å²) in [6, 6.07) is 16.4. The first kappa shape index (κ1) is 16.3. The van der Waals surface area contributed by atoms with Gasteiger partial charge in [-0.1, -0.05) is 49.4 Å². The first-order valence-electron chi connectivity index (χ1n) is 9.71. The number of carbonyl (C=O) groups is 2. The van der Waals surface area contributed by atoms with Crippen LogP contribution in [0.2, 0.25) is 0 Å². The minimum Gasteiger partial charge on any atom is -0.363 e. The second-order valence-corrected chi connectivity index (χ2v) is 7.52. The first-order chi connectivity index (χ1) is 13.2. The second-order valence-electron chi connectivity index (χ2n) is 7.52. The van der Waals surface area contributed by atoms with Gasteiger partial charge in [0.2, 0.25) is 5.91 Å². The summed E-state index contributed by atoms with van der Waals surface area (Å²) >= 11 is 0. The zero-order chi connectivity index (χ0) is 18.5. The number of carbonyl (C=O) groups excluding carboxylic acids is 2. The standard InChI is InChI=1S/C23H22N2O2/c1-2-12-25-22(26)18-14-16-8-4-6-10-19(16)24-13-11-15-7-3-5-9-17(15)21(24)20(18)23(25)27/h3-10,14,20-21H,2,11-13H2,1H3. The molecule has 0 radical (unpaired) electrons. The van der Waals surface area contributed by atoms with E-state index in [1.807, 2.05) is 37.3 Å². The number of nitrogens with zero attached hydrogens (tertiary/aromatic N) is 2. The molecule has 0 N–H and O–H groups in total. The Balaban J connectivity index is 1.75. The Kier molecular flexibility index (Phi) is 3.67. The smallest absolute Gasteiger partial charge is 0.257 e. The lowest BCUT2D eigenvalue weighted by Crippen LogP contribution is -2.42. The molecule has 1 saturated heterocycles. The van der Waals surface area contributed by atoms with E-state index in [9.17, 15) is 9.59 Å². The van der Waals surface area contributed by atoms with Crippen LogP contribution in [-0.4, -0.2) is 29.8 Å². The van der Waals surface area contributed by atoms with Crippen molar-refractivity contribution < 1.29 is 9.59 Å². The number of amides is 2. The van der Waals surface area contributed by atoms with Crippen LogP contribution in [0.1, 0.15) is 36.1 Å². The van der Waals surface area contributed by atoms with Crippen LogP contribution in [0, 0.1) is 5.92 Å². The Morgan fingerprint density at radius 2 is 1.81 bits per heavy atom. The summed E-state index contributed by atoms with van der Waals surface area (Å²) in [5.74, 6) is -0.600. The molecule has 1 fully saturated rings. The molecule has 0 aliphatic carbocycles. The highest BCUT2D eigenvalue weighted by Crippen LogP contribution is 2.48. The SMILES string of the molecule is CCCN1C(=O)C2=Cc3ccccc3N3CCc4ccccc4C3C2C1=O. The number of imide groups is 1. The zero-order valence-electron chi connectivity index (χ0n) is 15.4. The fourth-order valence-electron chi connectivity index (χ4n) is 4.85. The molecule has 0 aromatic heterocycles. The molecule has 136 valence electrons. The number of hydrogen-bond acceptors (Lipinski definition) is 3. The fourth-order valence-corrected chi connectivity index (χ4v) is 4.85. The summed E-state index contributed by atoms with van der Waals surface area (Å²) < 4.78 is 0. The van der Waals surface area contributed by atoms with Gasteiger partial charge >= 0.3 is 0 Å². The molecule has 2 aromatic carbocycles. The largest absolute Gasteiger partial charge is 0.363 e. The molecule has 3 heterocycles. The van der Waals surface area contributed by atoms with Gasteiger partial charge in [-0.15, -0.1) is 0 Å². The Morgan fingerprint density at radius 1 is 1.04 bits per heavy atom. The summed E-state index contributed by atoms with van der Waals surface area (Å²) in [6.07, 6.45) is 3.68. The van der Waals surface area contributed by atoms with Gasteiger partial charge in [-0.3, -0.25) is 14.5 Å². The number of anilines is 1. The minimum atomic E-state index is -0.433. The van der Waals surface area contributed by atoms with E-state index in [-0.39, 0.29) is 17.9 Å². The van der Waals surface area contributed by atoms with E-state index in [1.165, 1.54) is 16.0 Å². The molecule has 3 aliphatic heterocycles. The van der Waals surface area contributed by atoms with Crippen LogP contribution in [0.5, 0.6) is 0 Å². The van der Waals surface area contributed by atoms with E-state index in [4.69, 9.17) is 0 Å². The van der Waals surface area contributed by atoms with Gasteiger partial charge < -0.3 is 4.90 Å². The van der Waals surface area contributed by atoms with E-state index in [2.05, 4.69) is 29.2 Å². The van der Waals surface area contributed by atoms with Crippen molar-refractivity contribution in [1.29, 1.82) is 0 Å². The summed E-state index contributed by atoms with van der Waals surface area (Å²) in [5, 5.41) is 0. The lowest BCUT2D eigenvalue weighted by Gasteiger charge is -2.41. The van der Waals surface area contributed by atoms with Crippen molar-refractivity contribution in [3.63, 3.8) is 0 Å². The Hall–Kier alpha value is -2.88. The van der Waals surface area contributed by atoms with Gasteiger partial charge in [0.15, 0.2) is 0 Å². The number of likely N-dealkylation sites (tertiary alicyclic amines) is 1. The lowest BCUT2D eigenvalue weighted by atomic mass is 9.82. The molecule has 4 nitrogen and oxygen atoms in total. The molecular weight excluding hydrogens is 336 g/mol. The van der Waals surface area contributed by atoms with Crippen LogP contribution in [0.3, 0.4) is 0 Å². The molecule has 0 spiro atoms. The summed E-state index contributed by atoms with van der Waals surface area (Å²) in [5.41, 5.74) is 5.24. The van der Waals surface area contributed by atoms with Gasteiger partial charge in [0.1, 0.15) is 0 Å². The number of hydrogen-bond donors (Lipinski definition) is 0. The third-order valence-corrected chi connectivity index (χ3v) is 6.01. The van der Waals surface area contributed by atoms with Crippen molar-refractivity contribution >= 4 is 23.6 Å². The maximum absolute atomic E-state index is 13.3. The Bertz CT molecular complexity index is 978. The zero-order valence-corrected chi connectivity index (χ0v) is 15.4. The molecule has 2 atom stereocenters. The van der Waals surface area contributed by atoms with Crippen molar-refractivity contribution in [2.75, 3.05) is 18.0 Å². The monoisotopic (exact) mass is 358 g/mol. The minimum absolute atomic E-state index is 0.0485. The van der Waals surface area contributed by atoms with Crippen LogP contribution in [0.25, 0.3) is 6.08 Å². The molecule has 0 bridgehead atoms. The van der Waals surface area contributed by atoms with Crippen LogP contribution in [0.4, 0.5) is 5.69 Å². The predicted molar refractivity (Wildman–Crippen MR) is 105 cm³/mol. The van der Waals surface area contributed by atoms with Crippen molar-refractivity contribution in [2.45, 2.75) is 25.8 Å². The van der Waals surface area contributed by atoms with Crippen LogP contribution < -0.4 is 4.90 Å². The van der Waals surface area contributed by atoms with Crippen LogP contribution in [-0.2, 0) is 16.0 Å². The molecule has 5 rings (SSSR count). The van der Waals surface area contributed by atoms with E-state index < -0.39 is 5.92 Å². The number of fused-ring (bicyclic) bond motifs is 7. The fraction of sp³-hybridized carbons (Fsp3) is 0.304. The summed E-state index contributed by atoms with van der Waals surface area (Å²) in [6.45, 7) is 3.34. The lowest BCUT2D eigenvalue weighted by molar-refractivity contribution is -0.139. The third-order valence-electron chi connectivity index (χ3n) is 6.01. The first-order valence-corrected chi connectivity index (χ1v) is 9.71. The Labute approximate surface area is 159 Å². The van der Waals surface area contributed by atoms with Gasteiger partial charge in [0.05, 0.1) is 12.0 Å². The molecular formula is C23H22N2O2. The molecule has 2 unspecified atom stereocenters. The molecule has 2 aromatic rings. The topological polar surface area (TPSA) is 40.6 Å². The second kappa shape index (κ2) is 6.08. The van der Waals surface area contributed by atoms with Crippen LogP contribution >= 0.6 is 0 Å². The van der Waals surface area contributed by atoms with Crippen molar-refractivity contribution in [3.05, 3.63) is 70.8 Å². The average Bonchev–Trinajstić information content (AvgIpc) is 2.85. The van der Waals surface area contributed by atoms with Gasteiger partial charge in [0, 0.05) is 24.4 Å². The van der Waals surface area contributed by atoms with Crippen molar-refractivity contribution in [1.82, 2.24) is 4.90 Å². The average molecular weight is 358 g/mol. The quantitative estimate of drug-likeness (QED) is 0.771. The van der Waals surface area contributed by atoms with Gasteiger partial charge in [-0.2, -0.15) is 0 Å². The number of para-hydroxylation sites is 1. The highest BCUT2D eigenvalue weighted by molar-refractivity contribution is 6.18. The predicted octanol–water partition coefficient (Wildman–Crippen LogP) is 3.58. The maximum Gasteiger partial charge on any atom is 0.257 e. The highest BCUT2D eigenvalue weighted by atomic mass is 16.2. The normalized spacial score (nSPS) is 23.2. The number of benzene rings is 2. The molecule has 4 heteroatoms. The van der Waals surface area contributed by atoms with Crippen LogP contribution in [0.15, 0.2) is 54.1 Å². The van der Waals surface area contributed by atoms with Gasteiger partial charge in [-0.25, -0.2) is 0 Å². The summed E-state index contributed by atoms with van der Waals surface area (Å²) in [4.78, 5) is 30.3. The van der Waals surface area contributed by atoms with Gasteiger partial charge in [0.25, 0.3) is 5.91 Å². The molecule has 0 saturated carbocycles. The summed E-state index contributed by atoms with van der Waals surface area (Å²) in [7, 11) is 0.